The predicted molar refractivity (Wildman–Crippen MR) is 178 cm³/mol. The van der Waals surface area contributed by atoms with E-state index < -0.39 is 13.4 Å². The summed E-state index contributed by atoms with van der Waals surface area (Å²) in [6, 6.07) is 3.80. The third kappa shape index (κ3) is 16.7. The number of methoxy groups -OCH3 is 1. The fourth-order valence-electron chi connectivity index (χ4n) is 5.27. The van der Waals surface area contributed by atoms with Gasteiger partial charge in [-0.2, -0.15) is 5.10 Å². The van der Waals surface area contributed by atoms with Crippen LogP contribution in [0, 0.1) is 0 Å². The van der Waals surface area contributed by atoms with Crippen LogP contribution in [0.2, 0.25) is 0 Å². The SMILES string of the molecule is CCCCCCCCCCCCCCCCCCOCCCOP(=O)(O)OC[C@](C)(CCc1ccc2c(N)ncnn12)OC. The Morgan fingerprint density at radius 3 is 2.00 bits per heavy atom. The molecule has 11 heteroatoms. The molecule has 254 valence electrons. The maximum Gasteiger partial charge on any atom is 0.472 e. The molecule has 0 aromatic carbocycles. The van der Waals surface area contributed by atoms with Gasteiger partial charge in [-0.15, -0.1) is 0 Å². The van der Waals surface area contributed by atoms with Gasteiger partial charge in [-0.25, -0.2) is 14.1 Å². The Kier molecular flexibility index (Phi) is 20.1. The molecule has 2 heterocycles. The molecule has 0 aliphatic heterocycles. The van der Waals surface area contributed by atoms with Crippen molar-refractivity contribution in [2.75, 3.05) is 39.3 Å². The van der Waals surface area contributed by atoms with Crippen LogP contribution >= 0.6 is 7.82 Å². The molecule has 0 saturated carbocycles. The van der Waals surface area contributed by atoms with E-state index in [1.807, 2.05) is 19.1 Å². The first-order chi connectivity index (χ1) is 21.3. The minimum absolute atomic E-state index is 0.0898. The summed E-state index contributed by atoms with van der Waals surface area (Å²) in [7, 11) is -2.65. The molecule has 0 amide bonds. The highest BCUT2D eigenvalue weighted by Gasteiger charge is 2.30. The number of phosphoric ester groups is 1. The number of nitrogens with zero attached hydrogens (tertiary/aromatic N) is 3. The monoisotopic (exact) mass is 640 g/mol. The van der Waals surface area contributed by atoms with Gasteiger partial charge in [0.15, 0.2) is 5.82 Å². The van der Waals surface area contributed by atoms with Gasteiger partial charge in [0, 0.05) is 26.0 Å². The van der Waals surface area contributed by atoms with Gasteiger partial charge in [0.25, 0.3) is 0 Å². The van der Waals surface area contributed by atoms with E-state index in [2.05, 4.69) is 17.0 Å². The van der Waals surface area contributed by atoms with Crippen molar-refractivity contribution in [1.29, 1.82) is 0 Å². The second kappa shape index (κ2) is 22.9. The van der Waals surface area contributed by atoms with Gasteiger partial charge in [-0.3, -0.25) is 9.05 Å². The number of phosphoric acid groups is 1. The van der Waals surface area contributed by atoms with Gasteiger partial charge in [0.1, 0.15) is 11.8 Å². The fraction of sp³-hybridized carbons (Fsp3) is 0.818. The zero-order valence-corrected chi connectivity index (χ0v) is 28.7. The smallest absolute Gasteiger partial charge is 0.382 e. The van der Waals surface area contributed by atoms with E-state index in [-0.39, 0.29) is 13.2 Å². The lowest BCUT2D eigenvalue weighted by molar-refractivity contribution is -0.0444. The molecular weight excluding hydrogens is 579 g/mol. The summed E-state index contributed by atoms with van der Waals surface area (Å²) in [4.78, 5) is 14.1. The molecule has 3 N–H and O–H groups in total. The molecule has 0 spiro atoms. The van der Waals surface area contributed by atoms with Crippen molar-refractivity contribution < 1.29 is 28.0 Å². The van der Waals surface area contributed by atoms with Crippen molar-refractivity contribution in [2.24, 2.45) is 0 Å². The number of hydrogen-bond donors (Lipinski definition) is 2. The predicted octanol–water partition coefficient (Wildman–Crippen LogP) is 8.45. The molecule has 0 fully saturated rings. The topological polar surface area (TPSA) is 130 Å². The molecule has 10 nitrogen and oxygen atoms in total. The lowest BCUT2D eigenvalue weighted by atomic mass is 10.00. The summed E-state index contributed by atoms with van der Waals surface area (Å²) in [5.41, 5.74) is 6.78. The van der Waals surface area contributed by atoms with Gasteiger partial charge >= 0.3 is 7.82 Å². The Morgan fingerprint density at radius 1 is 0.841 bits per heavy atom. The molecule has 0 radical (unpaired) electrons. The molecule has 0 bridgehead atoms. The Bertz CT molecular complexity index is 1050. The molecule has 2 rings (SSSR count). The van der Waals surface area contributed by atoms with Crippen LogP contribution in [0.25, 0.3) is 5.52 Å². The summed E-state index contributed by atoms with van der Waals surface area (Å²) >= 11 is 0. The first kappa shape index (κ1) is 38.6. The molecule has 0 saturated heterocycles. The Morgan fingerprint density at radius 2 is 1.41 bits per heavy atom. The van der Waals surface area contributed by atoms with Crippen molar-refractivity contribution in [1.82, 2.24) is 14.6 Å². The van der Waals surface area contributed by atoms with Crippen molar-refractivity contribution in [3.63, 3.8) is 0 Å². The highest BCUT2D eigenvalue weighted by Crippen LogP contribution is 2.44. The van der Waals surface area contributed by atoms with Crippen molar-refractivity contribution in [3.8, 4) is 0 Å². The second-order valence-corrected chi connectivity index (χ2v) is 13.7. The molecular formula is C33H61N4O6P. The van der Waals surface area contributed by atoms with Crippen LogP contribution in [0.5, 0.6) is 0 Å². The van der Waals surface area contributed by atoms with Crippen LogP contribution in [-0.4, -0.2) is 58.6 Å². The zero-order chi connectivity index (χ0) is 31.9. The summed E-state index contributed by atoms with van der Waals surface area (Å²) in [6.45, 7) is 5.32. The van der Waals surface area contributed by atoms with Gasteiger partial charge in [0.2, 0.25) is 0 Å². The number of unbranched alkanes of at least 4 members (excludes halogenated alkanes) is 15. The van der Waals surface area contributed by atoms with Gasteiger partial charge in [0.05, 0.1) is 18.8 Å². The van der Waals surface area contributed by atoms with E-state index in [4.69, 9.17) is 24.3 Å². The lowest BCUT2D eigenvalue weighted by Crippen LogP contribution is -2.33. The van der Waals surface area contributed by atoms with Crippen LogP contribution in [0.3, 0.4) is 0 Å². The molecule has 2 aromatic rings. The van der Waals surface area contributed by atoms with E-state index in [1.165, 1.54) is 103 Å². The van der Waals surface area contributed by atoms with Crippen molar-refractivity contribution >= 4 is 19.2 Å². The lowest BCUT2D eigenvalue weighted by Gasteiger charge is -2.28. The molecule has 1 unspecified atom stereocenters. The molecule has 2 atom stereocenters. The molecule has 0 aliphatic carbocycles. The van der Waals surface area contributed by atoms with Crippen molar-refractivity contribution in [3.05, 3.63) is 24.2 Å². The van der Waals surface area contributed by atoms with Gasteiger partial charge in [-0.05, 0) is 44.7 Å². The average molecular weight is 641 g/mol. The maximum atomic E-state index is 12.4. The normalized spacial score (nSPS) is 14.6. The van der Waals surface area contributed by atoms with Crippen LogP contribution in [-0.2, 0) is 29.5 Å². The van der Waals surface area contributed by atoms with E-state index in [0.717, 1.165) is 17.6 Å². The number of nitrogens with two attached hydrogens (primary N) is 1. The number of aromatic nitrogens is 3. The van der Waals surface area contributed by atoms with E-state index in [0.29, 0.717) is 38.3 Å². The van der Waals surface area contributed by atoms with Crippen LogP contribution in [0.4, 0.5) is 5.82 Å². The van der Waals surface area contributed by atoms with E-state index >= 15 is 0 Å². The summed E-state index contributed by atoms with van der Waals surface area (Å²) < 4.78 is 35.9. The number of hydrogen-bond acceptors (Lipinski definition) is 8. The Balaban J connectivity index is 1.41. The average Bonchev–Trinajstić information content (AvgIpc) is 3.44. The minimum atomic E-state index is -4.20. The second-order valence-electron chi connectivity index (χ2n) is 12.3. The number of aryl methyl sites for hydroxylation is 1. The fourth-order valence-corrected chi connectivity index (χ4v) is 6.14. The van der Waals surface area contributed by atoms with Gasteiger partial charge < -0.3 is 20.1 Å². The number of anilines is 1. The standard InChI is InChI=1S/C33H61N4O6P/c1-4-5-6-7-8-9-10-11-12-13-14-15-16-17-18-19-25-41-26-20-27-42-44(38,39)43-28-33(2,40-3)24-23-30-21-22-31-32(34)35-29-36-37(30)31/h21-22,29H,4-20,23-28H2,1-3H3,(H,38,39)(H2,34,35,36)/t33-/m0/s1. The zero-order valence-electron chi connectivity index (χ0n) is 27.9. The largest absolute Gasteiger partial charge is 0.472 e. The van der Waals surface area contributed by atoms with Gasteiger partial charge in [-0.1, -0.05) is 103 Å². The molecule has 44 heavy (non-hydrogen) atoms. The van der Waals surface area contributed by atoms with E-state index in [1.54, 1.807) is 11.6 Å². The number of rotatable bonds is 29. The summed E-state index contributed by atoms with van der Waals surface area (Å²) in [5, 5.41) is 4.25. The summed E-state index contributed by atoms with van der Waals surface area (Å²) in [6.07, 6.45) is 24.7. The maximum absolute atomic E-state index is 12.4. The minimum Gasteiger partial charge on any atom is -0.382 e. The molecule has 0 aliphatic rings. The van der Waals surface area contributed by atoms with E-state index in [9.17, 15) is 9.46 Å². The number of nitrogen functional groups attached to an aromatic ring is 1. The van der Waals surface area contributed by atoms with Crippen LogP contribution in [0.1, 0.15) is 135 Å². The third-order valence-electron chi connectivity index (χ3n) is 8.33. The van der Waals surface area contributed by atoms with Crippen LogP contribution < -0.4 is 5.73 Å². The molecule has 2 aromatic heterocycles. The first-order valence-electron chi connectivity index (χ1n) is 17.1. The highest BCUT2D eigenvalue weighted by atomic mass is 31.2. The Hall–Kier alpha value is -1.55. The van der Waals surface area contributed by atoms with Crippen molar-refractivity contribution in [2.45, 2.75) is 141 Å². The number of fused-ring (bicyclic) bond motifs is 1. The number of ether oxygens (including phenoxy) is 2. The Labute approximate surface area is 266 Å². The summed E-state index contributed by atoms with van der Waals surface area (Å²) in [5.74, 6) is 0.410. The highest BCUT2D eigenvalue weighted by molar-refractivity contribution is 7.47. The third-order valence-corrected chi connectivity index (χ3v) is 9.29. The quantitative estimate of drug-likeness (QED) is 0.0664. The first-order valence-corrected chi connectivity index (χ1v) is 18.6. The van der Waals surface area contributed by atoms with Crippen LogP contribution in [0.15, 0.2) is 18.5 Å².